The van der Waals surface area contributed by atoms with Crippen LogP contribution in [0.1, 0.15) is 32.2 Å². The molecular weight excluding hydrogens is 186 g/mol. The van der Waals surface area contributed by atoms with Crippen LogP contribution >= 0.6 is 0 Å². The van der Waals surface area contributed by atoms with Crippen molar-refractivity contribution in [3.63, 3.8) is 0 Å². The molecule has 0 fully saturated rings. The summed E-state index contributed by atoms with van der Waals surface area (Å²) in [6, 6.07) is 4.10. The van der Waals surface area contributed by atoms with Gasteiger partial charge in [-0.05, 0) is 30.0 Å². The Kier molecular flexibility index (Phi) is 2.25. The van der Waals surface area contributed by atoms with Gasteiger partial charge in [-0.2, -0.15) is 5.10 Å². The van der Waals surface area contributed by atoms with E-state index in [2.05, 4.69) is 43.8 Å². The summed E-state index contributed by atoms with van der Waals surface area (Å²) in [6.45, 7) is 8.66. The Hall–Kier alpha value is -1.38. The van der Waals surface area contributed by atoms with E-state index < -0.39 is 0 Å². The van der Waals surface area contributed by atoms with Crippen LogP contribution in [0.3, 0.4) is 0 Å². The van der Waals surface area contributed by atoms with E-state index in [1.54, 1.807) is 0 Å². The molecule has 0 aliphatic rings. The lowest BCUT2D eigenvalue weighted by Gasteiger charge is -2.14. The zero-order chi connectivity index (χ0) is 11.1. The Balaban J connectivity index is 2.39. The van der Waals surface area contributed by atoms with E-state index in [-0.39, 0.29) is 5.41 Å². The molecule has 2 aromatic rings. The molecule has 15 heavy (non-hydrogen) atoms. The normalized spacial score (nSPS) is 12.3. The molecule has 0 N–H and O–H groups in total. The highest BCUT2D eigenvalue weighted by Gasteiger charge is 2.14. The minimum Gasteiger partial charge on any atom is -0.221 e. The van der Waals surface area contributed by atoms with Gasteiger partial charge >= 0.3 is 0 Å². The van der Waals surface area contributed by atoms with Crippen LogP contribution < -0.4 is 0 Å². The summed E-state index contributed by atoms with van der Waals surface area (Å²) in [6.07, 6.45) is 2.87. The predicted octanol–water partition coefficient (Wildman–Crippen LogP) is 2.63. The molecule has 0 spiro atoms. The van der Waals surface area contributed by atoms with E-state index in [4.69, 9.17) is 0 Å². The second kappa shape index (κ2) is 3.33. The van der Waals surface area contributed by atoms with Gasteiger partial charge < -0.3 is 0 Å². The van der Waals surface area contributed by atoms with Crippen LogP contribution in [0.15, 0.2) is 18.3 Å². The number of nitrogens with zero attached hydrogens (tertiary/aromatic N) is 3. The molecule has 0 bridgehead atoms. The maximum Gasteiger partial charge on any atom is 0.155 e. The maximum atomic E-state index is 4.51. The molecule has 2 aromatic heterocycles. The number of hydrogen-bond acceptors (Lipinski definition) is 2. The number of hydrogen-bond donors (Lipinski definition) is 0. The topological polar surface area (TPSA) is 30.2 Å². The fourth-order valence-corrected chi connectivity index (χ4v) is 1.58. The van der Waals surface area contributed by atoms with Gasteiger partial charge in [0.15, 0.2) is 11.5 Å². The first kappa shape index (κ1) is 10.1. The number of pyridine rings is 1. The third kappa shape index (κ3) is 2.35. The average Bonchev–Trinajstić information content (AvgIpc) is 2.42. The molecule has 3 heteroatoms. The average molecular weight is 203 g/mol. The Morgan fingerprint density at radius 1 is 1.33 bits per heavy atom. The molecule has 0 saturated carbocycles. The third-order valence-electron chi connectivity index (χ3n) is 2.23. The van der Waals surface area contributed by atoms with Crippen LogP contribution in [0, 0.1) is 12.3 Å². The van der Waals surface area contributed by atoms with Gasteiger partial charge in [0.2, 0.25) is 0 Å². The summed E-state index contributed by atoms with van der Waals surface area (Å²) in [5.41, 5.74) is 2.39. The molecular formula is C12H17N3. The number of rotatable bonds is 1. The zero-order valence-corrected chi connectivity index (χ0v) is 9.78. The Labute approximate surface area is 90.1 Å². The highest BCUT2D eigenvalue weighted by atomic mass is 15.3. The maximum absolute atomic E-state index is 4.51. The van der Waals surface area contributed by atoms with Gasteiger partial charge in [-0.25, -0.2) is 9.50 Å². The molecule has 0 atom stereocenters. The lowest BCUT2D eigenvalue weighted by atomic mass is 9.92. The molecule has 0 aliphatic heterocycles. The van der Waals surface area contributed by atoms with Crippen LogP contribution in [-0.2, 0) is 6.42 Å². The lowest BCUT2D eigenvalue weighted by Crippen LogP contribution is -2.10. The first-order chi connectivity index (χ1) is 6.94. The molecule has 0 aromatic carbocycles. The molecule has 3 nitrogen and oxygen atoms in total. The Morgan fingerprint density at radius 2 is 2.07 bits per heavy atom. The van der Waals surface area contributed by atoms with E-state index >= 15 is 0 Å². The standard InChI is InChI=1S/C12H17N3/c1-9-5-6-15-11(7-9)13-10(14-15)8-12(2,3)4/h5-7H,8H2,1-4H3. The van der Waals surface area contributed by atoms with Crippen molar-refractivity contribution in [3.8, 4) is 0 Å². The summed E-state index contributed by atoms with van der Waals surface area (Å²) in [5, 5.41) is 4.44. The van der Waals surface area contributed by atoms with Crippen molar-refractivity contribution in [2.24, 2.45) is 5.41 Å². The first-order valence-corrected chi connectivity index (χ1v) is 5.26. The Bertz CT molecular complexity index is 477. The van der Waals surface area contributed by atoms with Gasteiger partial charge in [0.05, 0.1) is 0 Å². The minimum absolute atomic E-state index is 0.236. The molecule has 0 saturated heterocycles. The van der Waals surface area contributed by atoms with Gasteiger partial charge in [0.25, 0.3) is 0 Å². The SMILES string of the molecule is Cc1ccn2nc(CC(C)(C)C)nc2c1. The van der Waals surface area contributed by atoms with Crippen molar-refractivity contribution in [3.05, 3.63) is 29.7 Å². The van der Waals surface area contributed by atoms with Crippen molar-refractivity contribution in [2.75, 3.05) is 0 Å². The van der Waals surface area contributed by atoms with Crippen molar-refractivity contribution >= 4 is 5.65 Å². The fourth-order valence-electron chi connectivity index (χ4n) is 1.58. The van der Waals surface area contributed by atoms with Crippen LogP contribution in [0.25, 0.3) is 5.65 Å². The van der Waals surface area contributed by atoms with E-state index in [1.165, 1.54) is 5.56 Å². The second-order valence-electron chi connectivity index (χ2n) is 5.27. The summed E-state index contributed by atoms with van der Waals surface area (Å²) in [4.78, 5) is 4.51. The first-order valence-electron chi connectivity index (χ1n) is 5.26. The van der Waals surface area contributed by atoms with Crippen LogP contribution in [0.2, 0.25) is 0 Å². The predicted molar refractivity (Wildman–Crippen MR) is 60.9 cm³/mol. The smallest absolute Gasteiger partial charge is 0.155 e. The number of aryl methyl sites for hydroxylation is 1. The van der Waals surface area contributed by atoms with Gasteiger partial charge in [0, 0.05) is 12.6 Å². The van der Waals surface area contributed by atoms with E-state index in [9.17, 15) is 0 Å². The zero-order valence-electron chi connectivity index (χ0n) is 9.78. The van der Waals surface area contributed by atoms with Crippen LogP contribution in [-0.4, -0.2) is 14.6 Å². The van der Waals surface area contributed by atoms with Gasteiger partial charge in [-0.1, -0.05) is 20.8 Å². The second-order valence-corrected chi connectivity index (χ2v) is 5.27. The quantitative estimate of drug-likeness (QED) is 0.713. The van der Waals surface area contributed by atoms with E-state index in [0.717, 1.165) is 17.9 Å². The van der Waals surface area contributed by atoms with Crippen molar-refractivity contribution in [2.45, 2.75) is 34.1 Å². The van der Waals surface area contributed by atoms with E-state index in [0.29, 0.717) is 0 Å². The third-order valence-corrected chi connectivity index (χ3v) is 2.23. The number of aromatic nitrogens is 3. The molecule has 0 aliphatic carbocycles. The summed E-state index contributed by atoms with van der Waals surface area (Å²) in [5.74, 6) is 0.924. The van der Waals surface area contributed by atoms with E-state index in [1.807, 2.05) is 16.8 Å². The van der Waals surface area contributed by atoms with Crippen LogP contribution in [0.4, 0.5) is 0 Å². The lowest BCUT2D eigenvalue weighted by molar-refractivity contribution is 0.401. The Morgan fingerprint density at radius 3 is 2.73 bits per heavy atom. The molecule has 2 heterocycles. The fraction of sp³-hybridized carbons (Fsp3) is 0.500. The van der Waals surface area contributed by atoms with Gasteiger partial charge in [0.1, 0.15) is 0 Å². The van der Waals surface area contributed by atoms with Crippen molar-refractivity contribution in [1.82, 2.24) is 14.6 Å². The molecule has 0 unspecified atom stereocenters. The molecule has 2 rings (SSSR count). The van der Waals surface area contributed by atoms with Gasteiger partial charge in [-0.3, -0.25) is 0 Å². The molecule has 0 amide bonds. The number of fused-ring (bicyclic) bond motifs is 1. The summed E-state index contributed by atoms with van der Waals surface area (Å²) < 4.78 is 1.84. The van der Waals surface area contributed by atoms with Crippen molar-refractivity contribution < 1.29 is 0 Å². The minimum atomic E-state index is 0.236. The van der Waals surface area contributed by atoms with Gasteiger partial charge in [-0.15, -0.1) is 0 Å². The highest BCUT2D eigenvalue weighted by Crippen LogP contribution is 2.18. The largest absolute Gasteiger partial charge is 0.221 e. The highest BCUT2D eigenvalue weighted by molar-refractivity contribution is 5.40. The summed E-state index contributed by atoms with van der Waals surface area (Å²) in [7, 11) is 0. The molecule has 80 valence electrons. The molecule has 0 radical (unpaired) electrons. The summed E-state index contributed by atoms with van der Waals surface area (Å²) >= 11 is 0. The van der Waals surface area contributed by atoms with Crippen molar-refractivity contribution in [1.29, 1.82) is 0 Å². The van der Waals surface area contributed by atoms with Crippen LogP contribution in [0.5, 0.6) is 0 Å². The monoisotopic (exact) mass is 203 g/mol.